The molecule has 1 N–H and O–H groups in total. The number of hydrogen-bond acceptors (Lipinski definition) is 4. The first-order valence-corrected chi connectivity index (χ1v) is 9.10. The largest absolute Gasteiger partial charge is 0.339 e. The minimum Gasteiger partial charge on any atom is -0.339 e. The molecule has 1 aromatic carbocycles. The quantitative estimate of drug-likeness (QED) is 0.929. The number of fused-ring (bicyclic) bond motifs is 1. The molecule has 1 aliphatic carbocycles. The zero-order valence-corrected chi connectivity index (χ0v) is 14.6. The average molecular weight is 340 g/mol. The molecule has 2 unspecified atom stereocenters. The topological polar surface area (TPSA) is 71.3 Å². The van der Waals surface area contributed by atoms with Gasteiger partial charge in [0.1, 0.15) is 0 Å². The summed E-state index contributed by atoms with van der Waals surface area (Å²) < 4.78 is 5.10. The summed E-state index contributed by atoms with van der Waals surface area (Å²) in [4.78, 5) is 19.0. The van der Waals surface area contributed by atoms with Crippen LogP contribution in [0.25, 0.3) is 0 Å². The lowest BCUT2D eigenvalue weighted by molar-refractivity contribution is -0.0792. The number of benzene rings is 1. The monoisotopic (exact) mass is 340 g/mol. The molecule has 2 heterocycles. The SMILES string of the molecule is Cc1noc(CCNC(=O)N2CC3CCCCC32c2ccccc2)n1. The lowest BCUT2D eigenvalue weighted by Crippen LogP contribution is -2.69. The highest BCUT2D eigenvalue weighted by Crippen LogP contribution is 2.53. The number of likely N-dealkylation sites (tertiary alicyclic amines) is 1. The normalized spacial score (nSPS) is 25.2. The predicted octanol–water partition coefficient (Wildman–Crippen LogP) is 3.03. The molecule has 1 aromatic heterocycles. The summed E-state index contributed by atoms with van der Waals surface area (Å²) in [6.45, 7) is 3.14. The van der Waals surface area contributed by atoms with E-state index in [0.717, 1.165) is 13.0 Å². The Hall–Kier alpha value is -2.37. The summed E-state index contributed by atoms with van der Waals surface area (Å²) in [5.74, 6) is 1.76. The van der Waals surface area contributed by atoms with Crippen LogP contribution in [0.2, 0.25) is 0 Å². The van der Waals surface area contributed by atoms with Gasteiger partial charge in [0.15, 0.2) is 5.82 Å². The van der Waals surface area contributed by atoms with E-state index in [1.807, 2.05) is 11.0 Å². The van der Waals surface area contributed by atoms with Gasteiger partial charge in [-0.2, -0.15) is 4.98 Å². The van der Waals surface area contributed by atoms with E-state index in [0.29, 0.717) is 30.6 Å². The minimum absolute atomic E-state index is 0.0123. The maximum atomic E-state index is 12.8. The van der Waals surface area contributed by atoms with Gasteiger partial charge in [-0.1, -0.05) is 48.3 Å². The number of nitrogens with zero attached hydrogens (tertiary/aromatic N) is 3. The first-order chi connectivity index (χ1) is 12.2. The van der Waals surface area contributed by atoms with Gasteiger partial charge < -0.3 is 14.7 Å². The van der Waals surface area contributed by atoms with Crippen LogP contribution in [0, 0.1) is 12.8 Å². The number of aromatic nitrogens is 2. The van der Waals surface area contributed by atoms with Crippen LogP contribution in [0.5, 0.6) is 0 Å². The Kier molecular flexibility index (Phi) is 4.19. The molecule has 1 aliphatic heterocycles. The van der Waals surface area contributed by atoms with Gasteiger partial charge in [-0.15, -0.1) is 0 Å². The van der Waals surface area contributed by atoms with Gasteiger partial charge in [-0.05, 0) is 25.3 Å². The fourth-order valence-electron chi connectivity index (χ4n) is 4.44. The number of aryl methyl sites for hydroxylation is 1. The maximum Gasteiger partial charge on any atom is 0.318 e. The molecule has 1 saturated heterocycles. The molecular weight excluding hydrogens is 316 g/mol. The predicted molar refractivity (Wildman–Crippen MR) is 92.9 cm³/mol. The molecule has 0 radical (unpaired) electrons. The fraction of sp³-hybridized carbons (Fsp3) is 0.526. The van der Waals surface area contributed by atoms with Crippen molar-refractivity contribution in [3.8, 4) is 0 Å². The van der Waals surface area contributed by atoms with Crippen LogP contribution in [0.3, 0.4) is 0 Å². The van der Waals surface area contributed by atoms with E-state index in [1.165, 1.54) is 24.8 Å². The third-order valence-corrected chi connectivity index (χ3v) is 5.62. The number of carbonyl (C=O) groups excluding carboxylic acids is 1. The van der Waals surface area contributed by atoms with Gasteiger partial charge in [-0.25, -0.2) is 4.79 Å². The first kappa shape index (κ1) is 16.1. The van der Waals surface area contributed by atoms with Crippen LogP contribution in [-0.4, -0.2) is 34.2 Å². The number of hydrogen-bond donors (Lipinski definition) is 1. The van der Waals surface area contributed by atoms with Crippen LogP contribution in [0.1, 0.15) is 43.0 Å². The van der Waals surface area contributed by atoms with Crippen molar-refractivity contribution in [1.82, 2.24) is 20.4 Å². The van der Waals surface area contributed by atoms with Crippen LogP contribution >= 0.6 is 0 Å². The second kappa shape index (κ2) is 6.50. The van der Waals surface area contributed by atoms with E-state index in [-0.39, 0.29) is 11.6 Å². The number of carbonyl (C=O) groups is 1. The standard InChI is InChI=1S/C19H24N4O2/c1-14-21-17(25-22-14)10-12-20-18(24)23-13-16-9-5-6-11-19(16,23)15-7-3-2-4-8-15/h2-4,7-8,16H,5-6,9-13H2,1H3,(H,20,24). The molecule has 25 heavy (non-hydrogen) atoms. The van der Waals surface area contributed by atoms with Crippen LogP contribution in [-0.2, 0) is 12.0 Å². The molecule has 0 bridgehead atoms. The van der Waals surface area contributed by atoms with Crippen LogP contribution in [0.15, 0.2) is 34.9 Å². The molecule has 2 amide bonds. The van der Waals surface area contributed by atoms with Crippen molar-refractivity contribution in [3.05, 3.63) is 47.6 Å². The molecule has 6 nitrogen and oxygen atoms in total. The van der Waals surface area contributed by atoms with Gasteiger partial charge in [0.05, 0.1) is 5.54 Å². The van der Waals surface area contributed by atoms with Crippen molar-refractivity contribution in [2.45, 2.75) is 44.6 Å². The Labute approximate surface area is 147 Å². The number of amides is 2. The van der Waals surface area contributed by atoms with E-state index >= 15 is 0 Å². The van der Waals surface area contributed by atoms with Gasteiger partial charge >= 0.3 is 6.03 Å². The van der Waals surface area contributed by atoms with Crippen molar-refractivity contribution >= 4 is 6.03 Å². The van der Waals surface area contributed by atoms with Gasteiger partial charge in [0.25, 0.3) is 0 Å². The third-order valence-electron chi connectivity index (χ3n) is 5.62. The second-order valence-corrected chi connectivity index (χ2v) is 7.06. The first-order valence-electron chi connectivity index (χ1n) is 9.10. The van der Waals surface area contributed by atoms with Crippen molar-refractivity contribution < 1.29 is 9.32 Å². The molecule has 2 aromatic rings. The maximum absolute atomic E-state index is 12.8. The second-order valence-electron chi connectivity index (χ2n) is 7.06. The lowest BCUT2D eigenvalue weighted by atomic mass is 9.62. The van der Waals surface area contributed by atoms with Crippen molar-refractivity contribution in [2.75, 3.05) is 13.1 Å². The van der Waals surface area contributed by atoms with Crippen molar-refractivity contribution in [1.29, 1.82) is 0 Å². The van der Waals surface area contributed by atoms with E-state index in [1.54, 1.807) is 6.92 Å². The van der Waals surface area contributed by atoms with E-state index in [9.17, 15) is 4.79 Å². The number of nitrogens with one attached hydrogen (secondary N) is 1. The van der Waals surface area contributed by atoms with Gasteiger partial charge in [0, 0.05) is 25.4 Å². The zero-order chi connectivity index (χ0) is 17.3. The Morgan fingerprint density at radius 3 is 2.92 bits per heavy atom. The van der Waals surface area contributed by atoms with Crippen molar-refractivity contribution in [3.63, 3.8) is 0 Å². The highest BCUT2D eigenvalue weighted by atomic mass is 16.5. The van der Waals surface area contributed by atoms with E-state index in [2.05, 4.69) is 39.7 Å². The summed E-state index contributed by atoms with van der Waals surface area (Å²) >= 11 is 0. The molecule has 0 spiro atoms. The zero-order valence-electron chi connectivity index (χ0n) is 14.6. The molecule has 1 saturated carbocycles. The Bertz CT molecular complexity index is 745. The summed E-state index contributed by atoms with van der Waals surface area (Å²) in [5.41, 5.74) is 1.15. The molecule has 6 heteroatoms. The van der Waals surface area contributed by atoms with Crippen LogP contribution < -0.4 is 5.32 Å². The Morgan fingerprint density at radius 2 is 2.20 bits per heavy atom. The van der Waals surface area contributed by atoms with E-state index in [4.69, 9.17) is 4.52 Å². The smallest absolute Gasteiger partial charge is 0.318 e. The molecule has 132 valence electrons. The minimum atomic E-state index is -0.120. The fourth-order valence-corrected chi connectivity index (χ4v) is 4.44. The highest BCUT2D eigenvalue weighted by Gasteiger charge is 2.56. The molecule has 4 rings (SSSR count). The average Bonchev–Trinajstić information content (AvgIpc) is 3.02. The summed E-state index contributed by atoms with van der Waals surface area (Å²) in [5, 5.41) is 6.80. The number of urea groups is 1. The summed E-state index contributed by atoms with van der Waals surface area (Å²) in [6.07, 6.45) is 5.27. The molecule has 2 aliphatic rings. The Morgan fingerprint density at radius 1 is 1.36 bits per heavy atom. The highest BCUT2D eigenvalue weighted by molar-refractivity contribution is 5.77. The van der Waals surface area contributed by atoms with Gasteiger partial charge in [-0.3, -0.25) is 0 Å². The number of rotatable bonds is 4. The van der Waals surface area contributed by atoms with E-state index < -0.39 is 0 Å². The molecular formula is C19H24N4O2. The molecule has 2 fully saturated rings. The molecule has 2 atom stereocenters. The lowest BCUT2D eigenvalue weighted by Gasteiger charge is -2.61. The Balaban J connectivity index is 1.44. The van der Waals surface area contributed by atoms with Crippen molar-refractivity contribution in [2.24, 2.45) is 5.92 Å². The van der Waals surface area contributed by atoms with Crippen LogP contribution in [0.4, 0.5) is 4.79 Å². The summed E-state index contributed by atoms with van der Waals surface area (Å²) in [7, 11) is 0. The van der Waals surface area contributed by atoms with Gasteiger partial charge in [0.2, 0.25) is 5.89 Å². The summed E-state index contributed by atoms with van der Waals surface area (Å²) in [6, 6.07) is 10.5. The third kappa shape index (κ3) is 2.79.